The van der Waals surface area contributed by atoms with Crippen LogP contribution in [-0.2, 0) is 11.3 Å². The summed E-state index contributed by atoms with van der Waals surface area (Å²) in [6.07, 6.45) is 8.22. The van der Waals surface area contributed by atoms with E-state index in [1.165, 1.54) is 38.5 Å². The second-order valence-corrected chi connectivity index (χ2v) is 6.57. The van der Waals surface area contributed by atoms with Gasteiger partial charge in [-0.25, -0.2) is 0 Å². The Bertz CT molecular complexity index is 482. The van der Waals surface area contributed by atoms with Crippen molar-refractivity contribution in [2.24, 2.45) is 5.92 Å². The number of carbonyl (C=O) groups is 1. The van der Waals surface area contributed by atoms with Gasteiger partial charge in [0, 0.05) is 30.7 Å². The van der Waals surface area contributed by atoms with Gasteiger partial charge >= 0.3 is 0 Å². The Morgan fingerprint density at radius 1 is 1.29 bits per heavy atom. The Morgan fingerprint density at radius 3 is 2.62 bits per heavy atom. The third kappa shape index (κ3) is 4.92. The van der Waals surface area contributed by atoms with Crippen molar-refractivity contribution < 1.29 is 4.79 Å². The molecule has 1 aromatic carbocycles. The minimum atomic E-state index is 0.209. The molecule has 0 spiro atoms. The second kappa shape index (κ2) is 7.69. The molecule has 1 saturated carbocycles. The van der Waals surface area contributed by atoms with E-state index in [0.29, 0.717) is 29.6 Å². The Kier molecular flexibility index (Phi) is 5.92. The summed E-state index contributed by atoms with van der Waals surface area (Å²) >= 11 is 6.16. The van der Waals surface area contributed by atoms with Gasteiger partial charge < -0.3 is 10.6 Å². The van der Waals surface area contributed by atoms with Crippen molar-refractivity contribution in [2.75, 3.05) is 12.8 Å². The minimum absolute atomic E-state index is 0.209. The smallest absolute Gasteiger partial charge is 0.222 e. The lowest BCUT2D eigenvalue weighted by atomic mass is 9.96. The number of hydrogen-bond donors (Lipinski definition) is 1. The summed E-state index contributed by atoms with van der Waals surface area (Å²) in [5, 5.41) is 0.665. The van der Waals surface area contributed by atoms with E-state index in [1.807, 2.05) is 13.1 Å². The standard InChI is InChI=1S/C17H25ClN2O/c1-20(12-14-11-15(19)8-9-16(14)18)17(21)10-13-6-4-2-3-5-7-13/h8-9,11,13H,2-7,10,12,19H2,1H3. The number of anilines is 1. The van der Waals surface area contributed by atoms with Crippen molar-refractivity contribution in [3.63, 3.8) is 0 Å². The fraction of sp³-hybridized carbons (Fsp3) is 0.588. The lowest BCUT2D eigenvalue weighted by Gasteiger charge is -2.21. The SMILES string of the molecule is CN(Cc1cc(N)ccc1Cl)C(=O)CC1CCCCCC1. The van der Waals surface area contributed by atoms with Gasteiger partial charge in [0.2, 0.25) is 5.91 Å². The van der Waals surface area contributed by atoms with Crippen LogP contribution in [0.25, 0.3) is 0 Å². The lowest BCUT2D eigenvalue weighted by molar-refractivity contribution is -0.131. The Labute approximate surface area is 132 Å². The summed E-state index contributed by atoms with van der Waals surface area (Å²) in [6, 6.07) is 5.41. The van der Waals surface area contributed by atoms with E-state index in [0.717, 1.165) is 5.56 Å². The molecule has 0 saturated heterocycles. The maximum Gasteiger partial charge on any atom is 0.222 e. The van der Waals surface area contributed by atoms with Gasteiger partial charge in [0.05, 0.1) is 0 Å². The van der Waals surface area contributed by atoms with E-state index >= 15 is 0 Å². The molecular weight excluding hydrogens is 284 g/mol. The van der Waals surface area contributed by atoms with Gasteiger partial charge in [0.25, 0.3) is 0 Å². The number of nitrogens with two attached hydrogens (primary N) is 1. The fourth-order valence-corrected chi connectivity index (χ4v) is 3.21. The summed E-state index contributed by atoms with van der Waals surface area (Å²) in [5.74, 6) is 0.763. The van der Waals surface area contributed by atoms with E-state index in [2.05, 4.69) is 0 Å². The van der Waals surface area contributed by atoms with Crippen molar-refractivity contribution >= 4 is 23.2 Å². The molecule has 21 heavy (non-hydrogen) atoms. The van der Waals surface area contributed by atoms with Crippen molar-refractivity contribution in [1.29, 1.82) is 0 Å². The van der Waals surface area contributed by atoms with E-state index in [1.54, 1.807) is 17.0 Å². The summed E-state index contributed by atoms with van der Waals surface area (Å²) in [7, 11) is 1.85. The van der Waals surface area contributed by atoms with Crippen molar-refractivity contribution in [3.05, 3.63) is 28.8 Å². The fourth-order valence-electron chi connectivity index (χ4n) is 3.03. The van der Waals surface area contributed by atoms with Gasteiger partial charge in [-0.3, -0.25) is 4.79 Å². The van der Waals surface area contributed by atoms with Gasteiger partial charge in [0.15, 0.2) is 0 Å². The molecular formula is C17H25ClN2O. The molecule has 1 aliphatic rings. The first-order chi connectivity index (χ1) is 10.1. The first kappa shape index (κ1) is 16.2. The predicted molar refractivity (Wildman–Crippen MR) is 88.1 cm³/mol. The van der Waals surface area contributed by atoms with E-state index in [-0.39, 0.29) is 5.91 Å². The lowest BCUT2D eigenvalue weighted by Crippen LogP contribution is -2.28. The topological polar surface area (TPSA) is 46.3 Å². The van der Waals surface area contributed by atoms with Gasteiger partial charge in [0.1, 0.15) is 0 Å². The van der Waals surface area contributed by atoms with E-state index in [9.17, 15) is 4.79 Å². The molecule has 116 valence electrons. The highest BCUT2D eigenvalue weighted by atomic mass is 35.5. The minimum Gasteiger partial charge on any atom is -0.399 e. The molecule has 3 nitrogen and oxygen atoms in total. The van der Waals surface area contributed by atoms with Crippen LogP contribution < -0.4 is 5.73 Å². The van der Waals surface area contributed by atoms with Crippen LogP contribution in [0.2, 0.25) is 5.02 Å². The van der Waals surface area contributed by atoms with Crippen LogP contribution in [0.1, 0.15) is 50.5 Å². The summed E-state index contributed by atoms with van der Waals surface area (Å²) < 4.78 is 0. The van der Waals surface area contributed by atoms with Crippen LogP contribution in [0, 0.1) is 5.92 Å². The van der Waals surface area contributed by atoms with Crippen molar-refractivity contribution in [3.8, 4) is 0 Å². The zero-order chi connectivity index (χ0) is 15.2. The Morgan fingerprint density at radius 2 is 1.95 bits per heavy atom. The highest BCUT2D eigenvalue weighted by Crippen LogP contribution is 2.26. The van der Waals surface area contributed by atoms with Gasteiger partial charge in [-0.05, 0) is 42.5 Å². The van der Waals surface area contributed by atoms with Gasteiger partial charge in [-0.15, -0.1) is 0 Å². The monoisotopic (exact) mass is 308 g/mol. The molecule has 1 aliphatic carbocycles. The molecule has 0 heterocycles. The molecule has 0 bridgehead atoms. The largest absolute Gasteiger partial charge is 0.399 e. The molecule has 4 heteroatoms. The number of halogens is 1. The molecule has 0 atom stereocenters. The molecule has 2 N–H and O–H groups in total. The third-order valence-corrected chi connectivity index (χ3v) is 4.71. The van der Waals surface area contributed by atoms with Crippen LogP contribution in [0.15, 0.2) is 18.2 Å². The van der Waals surface area contributed by atoms with Crippen LogP contribution in [0.3, 0.4) is 0 Å². The van der Waals surface area contributed by atoms with Crippen LogP contribution >= 0.6 is 11.6 Å². The number of nitrogens with zero attached hydrogens (tertiary/aromatic N) is 1. The first-order valence-electron chi connectivity index (χ1n) is 7.84. The van der Waals surface area contributed by atoms with E-state index in [4.69, 9.17) is 17.3 Å². The highest BCUT2D eigenvalue weighted by molar-refractivity contribution is 6.31. The number of hydrogen-bond acceptors (Lipinski definition) is 2. The average molecular weight is 309 g/mol. The number of rotatable bonds is 4. The molecule has 0 aliphatic heterocycles. The number of nitrogen functional groups attached to an aromatic ring is 1. The quantitative estimate of drug-likeness (QED) is 0.668. The molecule has 0 aromatic heterocycles. The maximum absolute atomic E-state index is 12.4. The summed E-state index contributed by atoms with van der Waals surface area (Å²) in [4.78, 5) is 14.1. The Hall–Kier alpha value is -1.22. The average Bonchev–Trinajstić information content (AvgIpc) is 2.71. The Balaban J connectivity index is 1.91. The molecule has 1 aromatic rings. The molecule has 2 rings (SSSR count). The van der Waals surface area contributed by atoms with Crippen LogP contribution in [0.4, 0.5) is 5.69 Å². The first-order valence-corrected chi connectivity index (χ1v) is 8.22. The molecule has 1 fully saturated rings. The molecule has 0 unspecified atom stereocenters. The predicted octanol–water partition coefficient (Wildman–Crippen LogP) is 4.24. The summed E-state index contributed by atoms with van der Waals surface area (Å²) in [6.45, 7) is 0.523. The number of carbonyl (C=O) groups excluding carboxylic acids is 1. The zero-order valence-electron chi connectivity index (χ0n) is 12.8. The van der Waals surface area contributed by atoms with Crippen LogP contribution in [-0.4, -0.2) is 17.9 Å². The maximum atomic E-state index is 12.4. The van der Waals surface area contributed by atoms with Crippen molar-refractivity contribution in [1.82, 2.24) is 4.90 Å². The van der Waals surface area contributed by atoms with Gasteiger partial charge in [-0.1, -0.05) is 37.3 Å². The molecule has 1 amide bonds. The number of amides is 1. The highest BCUT2D eigenvalue weighted by Gasteiger charge is 2.19. The third-order valence-electron chi connectivity index (χ3n) is 4.34. The molecule has 0 radical (unpaired) electrons. The normalized spacial score (nSPS) is 16.5. The second-order valence-electron chi connectivity index (χ2n) is 6.16. The van der Waals surface area contributed by atoms with E-state index < -0.39 is 0 Å². The van der Waals surface area contributed by atoms with Crippen molar-refractivity contribution in [2.45, 2.75) is 51.5 Å². The zero-order valence-corrected chi connectivity index (χ0v) is 13.5. The number of benzene rings is 1. The summed E-state index contributed by atoms with van der Waals surface area (Å²) in [5.41, 5.74) is 7.37. The van der Waals surface area contributed by atoms with Crippen LogP contribution in [0.5, 0.6) is 0 Å². The van der Waals surface area contributed by atoms with Gasteiger partial charge in [-0.2, -0.15) is 0 Å².